The number of carbonyl (C=O) groups excluding carboxylic acids is 1. The first-order valence-electron chi connectivity index (χ1n) is 10.1. The summed E-state index contributed by atoms with van der Waals surface area (Å²) in [5.74, 6) is 1.43. The Hall–Kier alpha value is -3.86. The molecule has 0 bridgehead atoms. The molecule has 156 valence electrons. The van der Waals surface area contributed by atoms with Crippen LogP contribution in [-0.2, 0) is 0 Å². The summed E-state index contributed by atoms with van der Waals surface area (Å²) in [4.78, 5) is 18.1. The Kier molecular flexibility index (Phi) is 5.85. The largest absolute Gasteiger partial charge is 0.496 e. The molecule has 3 aromatic carbocycles. The minimum atomic E-state index is -0.200. The van der Waals surface area contributed by atoms with Gasteiger partial charge in [0, 0.05) is 11.1 Å². The van der Waals surface area contributed by atoms with Gasteiger partial charge in [0.2, 0.25) is 5.89 Å². The van der Waals surface area contributed by atoms with Crippen molar-refractivity contribution >= 4 is 28.5 Å². The van der Waals surface area contributed by atoms with Crippen molar-refractivity contribution in [1.29, 1.82) is 0 Å². The molecule has 5 nitrogen and oxygen atoms in total. The molecule has 0 aliphatic heterocycles. The van der Waals surface area contributed by atoms with Gasteiger partial charge in [-0.05, 0) is 62.4 Å². The zero-order chi connectivity index (χ0) is 21.8. The van der Waals surface area contributed by atoms with Gasteiger partial charge in [0.15, 0.2) is 11.4 Å². The van der Waals surface area contributed by atoms with Gasteiger partial charge in [-0.1, -0.05) is 30.3 Å². The van der Waals surface area contributed by atoms with E-state index in [0.717, 1.165) is 5.56 Å². The number of methoxy groups -OCH3 is 1. The summed E-state index contributed by atoms with van der Waals surface area (Å²) in [7, 11) is 1.60. The number of oxazole rings is 1. The van der Waals surface area contributed by atoms with E-state index in [2.05, 4.69) is 4.98 Å². The van der Waals surface area contributed by atoms with E-state index in [-0.39, 0.29) is 17.8 Å². The molecule has 0 spiro atoms. The number of fused-ring (bicyclic) bond motifs is 1. The molecule has 0 unspecified atom stereocenters. The van der Waals surface area contributed by atoms with Crippen molar-refractivity contribution in [3.05, 3.63) is 89.8 Å². The number of benzene rings is 3. The molecular formula is C26H23NO4. The quantitative estimate of drug-likeness (QED) is 0.273. The second kappa shape index (κ2) is 8.88. The summed E-state index contributed by atoms with van der Waals surface area (Å²) >= 11 is 0. The minimum absolute atomic E-state index is 0.0577. The number of rotatable bonds is 7. The molecule has 1 heterocycles. The van der Waals surface area contributed by atoms with E-state index in [1.807, 2.05) is 62.4 Å². The van der Waals surface area contributed by atoms with Crippen LogP contribution < -0.4 is 9.47 Å². The topological polar surface area (TPSA) is 61.6 Å². The number of nitrogens with zero attached hydrogens (tertiary/aromatic N) is 1. The molecule has 0 N–H and O–H groups in total. The van der Waals surface area contributed by atoms with Gasteiger partial charge in [-0.25, -0.2) is 4.98 Å². The lowest BCUT2D eigenvalue weighted by Crippen LogP contribution is -2.07. The number of hydrogen-bond donors (Lipinski definition) is 0. The highest BCUT2D eigenvalue weighted by Gasteiger charge is 2.21. The van der Waals surface area contributed by atoms with Crippen molar-refractivity contribution in [3.63, 3.8) is 0 Å². The standard InChI is InChI=1S/C26H23NO4/c1-17(2)30-20-14-12-18(13-15-20)25(28)21(16-19-8-4-6-10-23(19)29-3)26-27-22-9-5-7-11-24(22)31-26/h4-17H,1-3H3. The number of para-hydroxylation sites is 3. The highest BCUT2D eigenvalue weighted by Crippen LogP contribution is 2.29. The van der Waals surface area contributed by atoms with Crippen molar-refractivity contribution in [1.82, 2.24) is 4.98 Å². The first-order chi connectivity index (χ1) is 15.0. The zero-order valence-corrected chi connectivity index (χ0v) is 17.7. The molecule has 5 heteroatoms. The Morgan fingerprint density at radius 3 is 2.39 bits per heavy atom. The lowest BCUT2D eigenvalue weighted by Gasteiger charge is -2.10. The molecule has 4 rings (SSSR count). The number of carbonyl (C=O) groups is 1. The van der Waals surface area contributed by atoms with Crippen molar-refractivity contribution in [2.24, 2.45) is 0 Å². The zero-order valence-electron chi connectivity index (χ0n) is 17.7. The van der Waals surface area contributed by atoms with E-state index in [1.54, 1.807) is 37.5 Å². The maximum atomic E-state index is 13.5. The first-order valence-corrected chi connectivity index (χ1v) is 10.1. The van der Waals surface area contributed by atoms with E-state index < -0.39 is 0 Å². The summed E-state index contributed by atoms with van der Waals surface area (Å²) in [6, 6.07) is 22.0. The highest BCUT2D eigenvalue weighted by atomic mass is 16.5. The van der Waals surface area contributed by atoms with Crippen LogP contribution in [0, 0.1) is 0 Å². The van der Waals surface area contributed by atoms with Gasteiger partial charge in [-0.3, -0.25) is 4.79 Å². The molecule has 0 aliphatic carbocycles. The molecule has 31 heavy (non-hydrogen) atoms. The predicted molar refractivity (Wildman–Crippen MR) is 121 cm³/mol. The fourth-order valence-corrected chi connectivity index (χ4v) is 3.27. The number of ether oxygens (including phenoxy) is 2. The van der Waals surface area contributed by atoms with Crippen molar-refractivity contribution in [2.45, 2.75) is 20.0 Å². The molecule has 0 saturated heterocycles. The van der Waals surface area contributed by atoms with Crippen LogP contribution >= 0.6 is 0 Å². The summed E-state index contributed by atoms with van der Waals surface area (Å²) < 4.78 is 17.1. The molecular weight excluding hydrogens is 390 g/mol. The van der Waals surface area contributed by atoms with Crippen LogP contribution in [0.4, 0.5) is 0 Å². The SMILES string of the molecule is COc1ccccc1C=C(C(=O)c1ccc(OC(C)C)cc1)c1nc2ccccc2o1. The van der Waals surface area contributed by atoms with Crippen LogP contribution in [0.25, 0.3) is 22.7 Å². The third-order valence-electron chi connectivity index (χ3n) is 4.70. The fourth-order valence-electron chi connectivity index (χ4n) is 3.27. The number of hydrogen-bond acceptors (Lipinski definition) is 5. The van der Waals surface area contributed by atoms with E-state index >= 15 is 0 Å². The second-order valence-corrected chi connectivity index (χ2v) is 7.31. The first kappa shape index (κ1) is 20.4. The summed E-state index contributed by atoms with van der Waals surface area (Å²) in [5.41, 5.74) is 2.93. The lowest BCUT2D eigenvalue weighted by atomic mass is 10.0. The maximum Gasteiger partial charge on any atom is 0.231 e. The van der Waals surface area contributed by atoms with Crippen molar-refractivity contribution < 1.29 is 18.7 Å². The van der Waals surface area contributed by atoms with E-state index in [4.69, 9.17) is 13.9 Å². The van der Waals surface area contributed by atoms with Gasteiger partial charge in [-0.15, -0.1) is 0 Å². The second-order valence-electron chi connectivity index (χ2n) is 7.31. The van der Waals surface area contributed by atoms with Gasteiger partial charge < -0.3 is 13.9 Å². The Morgan fingerprint density at radius 2 is 1.68 bits per heavy atom. The van der Waals surface area contributed by atoms with Gasteiger partial charge in [0.05, 0.1) is 18.8 Å². The Morgan fingerprint density at radius 1 is 0.968 bits per heavy atom. The molecule has 0 saturated carbocycles. The fraction of sp³-hybridized carbons (Fsp3) is 0.154. The average Bonchev–Trinajstić information content (AvgIpc) is 3.21. The molecule has 0 radical (unpaired) electrons. The maximum absolute atomic E-state index is 13.5. The summed E-state index contributed by atoms with van der Waals surface area (Å²) in [6.07, 6.45) is 1.81. The molecule has 0 fully saturated rings. The lowest BCUT2D eigenvalue weighted by molar-refractivity contribution is 0.105. The number of allylic oxidation sites excluding steroid dienone is 1. The van der Waals surface area contributed by atoms with Gasteiger partial charge in [-0.2, -0.15) is 0 Å². The Bertz CT molecular complexity index is 1200. The third-order valence-corrected chi connectivity index (χ3v) is 4.70. The number of ketones is 1. The Labute approximate surface area is 180 Å². The van der Waals surface area contributed by atoms with Gasteiger partial charge in [0.1, 0.15) is 17.0 Å². The van der Waals surface area contributed by atoms with E-state index in [1.165, 1.54) is 0 Å². The molecule has 0 amide bonds. The highest BCUT2D eigenvalue weighted by molar-refractivity contribution is 6.31. The monoisotopic (exact) mass is 413 g/mol. The normalized spacial score (nSPS) is 11.7. The van der Waals surface area contributed by atoms with Crippen molar-refractivity contribution in [2.75, 3.05) is 7.11 Å². The average molecular weight is 413 g/mol. The number of Topliss-reactive ketones (excluding diaryl/α,β-unsaturated/α-hetero) is 1. The molecule has 0 aliphatic rings. The van der Waals surface area contributed by atoms with Crippen molar-refractivity contribution in [3.8, 4) is 11.5 Å². The van der Waals surface area contributed by atoms with Gasteiger partial charge in [0.25, 0.3) is 0 Å². The van der Waals surface area contributed by atoms with Crippen LogP contribution in [-0.4, -0.2) is 24.0 Å². The van der Waals surface area contributed by atoms with Crippen LogP contribution in [0.2, 0.25) is 0 Å². The summed E-state index contributed by atoms with van der Waals surface area (Å²) in [6.45, 7) is 3.92. The summed E-state index contributed by atoms with van der Waals surface area (Å²) in [5, 5.41) is 0. The van der Waals surface area contributed by atoms with Crippen LogP contribution in [0.15, 0.2) is 77.2 Å². The molecule has 4 aromatic rings. The smallest absolute Gasteiger partial charge is 0.231 e. The van der Waals surface area contributed by atoms with Gasteiger partial charge >= 0.3 is 0 Å². The minimum Gasteiger partial charge on any atom is -0.496 e. The predicted octanol–water partition coefficient (Wildman–Crippen LogP) is 6.05. The third kappa shape index (κ3) is 4.51. The Balaban J connectivity index is 1.80. The van der Waals surface area contributed by atoms with Crippen LogP contribution in [0.5, 0.6) is 11.5 Å². The van der Waals surface area contributed by atoms with E-state index in [9.17, 15) is 4.79 Å². The number of aromatic nitrogens is 1. The van der Waals surface area contributed by atoms with E-state index in [0.29, 0.717) is 33.7 Å². The van der Waals surface area contributed by atoms with Crippen LogP contribution in [0.3, 0.4) is 0 Å². The molecule has 0 atom stereocenters. The molecule has 1 aromatic heterocycles. The van der Waals surface area contributed by atoms with Crippen LogP contribution in [0.1, 0.15) is 35.7 Å².